The molecule has 1 aromatic rings. The predicted molar refractivity (Wildman–Crippen MR) is 48.3 cm³/mol. The molecule has 70 valence electrons. The molecule has 4 nitrogen and oxygen atoms in total. The van der Waals surface area contributed by atoms with Gasteiger partial charge in [-0.2, -0.15) is 0 Å². The molecule has 0 saturated heterocycles. The van der Waals surface area contributed by atoms with Crippen molar-refractivity contribution in [3.05, 3.63) is 11.4 Å². The number of nitrogens with two attached hydrogens (primary N) is 1. The number of nitrogen functional groups attached to an aromatic ring is 1. The summed E-state index contributed by atoms with van der Waals surface area (Å²) in [5.74, 6) is 0.679. The highest BCUT2D eigenvalue weighted by molar-refractivity contribution is 5.32. The van der Waals surface area contributed by atoms with Gasteiger partial charge in [-0.05, 0) is 12.8 Å². The van der Waals surface area contributed by atoms with Crippen molar-refractivity contribution < 1.29 is 4.74 Å². The van der Waals surface area contributed by atoms with Crippen LogP contribution in [-0.4, -0.2) is 16.2 Å². The minimum atomic E-state index is 0.634. The fraction of sp³-hybridized carbons (Fsp3) is 0.667. The summed E-state index contributed by atoms with van der Waals surface area (Å²) >= 11 is 0. The van der Waals surface area contributed by atoms with E-state index in [1.165, 1.54) is 18.5 Å². The topological polar surface area (TPSA) is 53.1 Å². The number of hydrogen-bond donors (Lipinski definition) is 1. The Hall–Kier alpha value is -1.03. The van der Waals surface area contributed by atoms with E-state index in [4.69, 9.17) is 10.5 Å². The summed E-state index contributed by atoms with van der Waals surface area (Å²) < 4.78 is 7.54. The molecule has 1 aromatic heterocycles. The van der Waals surface area contributed by atoms with E-state index in [2.05, 4.69) is 9.55 Å². The first-order chi connectivity index (χ1) is 6.36. The average molecular weight is 179 g/mol. The van der Waals surface area contributed by atoms with Crippen LogP contribution in [0.2, 0.25) is 0 Å². The number of imidazole rings is 1. The van der Waals surface area contributed by atoms with Gasteiger partial charge in [-0.3, -0.25) is 0 Å². The first-order valence-corrected chi connectivity index (χ1v) is 4.79. The summed E-state index contributed by atoms with van der Waals surface area (Å²) in [7, 11) is 0. The van der Waals surface area contributed by atoms with Crippen molar-refractivity contribution in [2.45, 2.75) is 31.9 Å². The Labute approximate surface area is 76.7 Å². The Balaban J connectivity index is 2.10. The van der Waals surface area contributed by atoms with Crippen molar-refractivity contribution in [3.8, 4) is 0 Å². The van der Waals surface area contributed by atoms with Gasteiger partial charge >= 0.3 is 0 Å². The lowest BCUT2D eigenvalue weighted by atomic mass is 10.2. The van der Waals surface area contributed by atoms with Crippen LogP contribution in [0.15, 0.2) is 0 Å². The van der Waals surface area contributed by atoms with Gasteiger partial charge in [0.2, 0.25) is 5.95 Å². The monoisotopic (exact) mass is 179 g/mol. The summed E-state index contributed by atoms with van der Waals surface area (Å²) in [6.45, 7) is 1.45. The van der Waals surface area contributed by atoms with Gasteiger partial charge in [0, 0.05) is 18.2 Å². The third kappa shape index (κ3) is 1.05. The lowest BCUT2D eigenvalue weighted by molar-refractivity contribution is 0.106. The third-order valence-corrected chi connectivity index (χ3v) is 2.75. The quantitative estimate of drug-likeness (QED) is 0.696. The molecular weight excluding hydrogens is 166 g/mol. The Kier molecular flexibility index (Phi) is 1.41. The average Bonchev–Trinajstić information content (AvgIpc) is 2.88. The van der Waals surface area contributed by atoms with E-state index in [0.29, 0.717) is 18.6 Å². The normalized spacial score (nSPS) is 21.5. The smallest absolute Gasteiger partial charge is 0.200 e. The van der Waals surface area contributed by atoms with Crippen LogP contribution < -0.4 is 5.73 Å². The first-order valence-electron chi connectivity index (χ1n) is 4.79. The molecule has 1 saturated carbocycles. The third-order valence-electron chi connectivity index (χ3n) is 2.75. The Morgan fingerprint density at radius 3 is 3.08 bits per heavy atom. The summed E-state index contributed by atoms with van der Waals surface area (Å²) in [5.41, 5.74) is 8.22. The highest BCUT2D eigenvalue weighted by Gasteiger charge is 2.30. The molecule has 13 heavy (non-hydrogen) atoms. The number of ether oxygens (including phenoxy) is 1. The predicted octanol–water partition coefficient (Wildman–Crippen LogP) is 0.873. The summed E-state index contributed by atoms with van der Waals surface area (Å²) in [6, 6.07) is 0.634. The van der Waals surface area contributed by atoms with Crippen molar-refractivity contribution in [1.29, 1.82) is 0 Å². The van der Waals surface area contributed by atoms with Crippen molar-refractivity contribution >= 4 is 5.95 Å². The van der Waals surface area contributed by atoms with Gasteiger partial charge in [-0.1, -0.05) is 0 Å². The van der Waals surface area contributed by atoms with Crippen molar-refractivity contribution in [2.24, 2.45) is 0 Å². The second-order valence-electron chi connectivity index (χ2n) is 3.77. The maximum Gasteiger partial charge on any atom is 0.200 e. The number of nitrogens with zero attached hydrogens (tertiary/aromatic N) is 2. The highest BCUT2D eigenvalue weighted by Crippen LogP contribution is 2.39. The molecule has 3 rings (SSSR count). The molecule has 2 N–H and O–H groups in total. The molecular formula is C9H13N3O. The fourth-order valence-electron chi connectivity index (χ4n) is 1.99. The Morgan fingerprint density at radius 2 is 2.31 bits per heavy atom. The summed E-state index contributed by atoms with van der Waals surface area (Å²) in [6.07, 6.45) is 3.48. The Bertz CT molecular complexity index is 341. The van der Waals surface area contributed by atoms with E-state index in [0.717, 1.165) is 18.7 Å². The molecule has 0 spiro atoms. The molecule has 4 heteroatoms. The molecule has 0 amide bonds. The first kappa shape index (κ1) is 7.38. The molecule has 0 bridgehead atoms. The van der Waals surface area contributed by atoms with Crippen LogP contribution in [0.25, 0.3) is 0 Å². The minimum absolute atomic E-state index is 0.634. The van der Waals surface area contributed by atoms with E-state index >= 15 is 0 Å². The number of fused-ring (bicyclic) bond motifs is 1. The molecule has 1 aliphatic heterocycles. The van der Waals surface area contributed by atoms with Crippen LogP contribution in [0.5, 0.6) is 0 Å². The number of anilines is 1. The molecule has 0 atom stereocenters. The van der Waals surface area contributed by atoms with Gasteiger partial charge in [-0.25, -0.2) is 4.98 Å². The highest BCUT2D eigenvalue weighted by atomic mass is 16.5. The van der Waals surface area contributed by atoms with Crippen LogP contribution in [0, 0.1) is 0 Å². The zero-order valence-corrected chi connectivity index (χ0v) is 7.49. The summed E-state index contributed by atoms with van der Waals surface area (Å²) in [4.78, 5) is 4.33. The number of hydrogen-bond acceptors (Lipinski definition) is 3. The molecule has 2 aliphatic rings. The molecule has 1 fully saturated rings. The second kappa shape index (κ2) is 2.48. The van der Waals surface area contributed by atoms with E-state index < -0.39 is 0 Å². The van der Waals surface area contributed by atoms with Crippen LogP contribution >= 0.6 is 0 Å². The van der Waals surface area contributed by atoms with Crippen LogP contribution in [-0.2, 0) is 17.8 Å². The molecule has 0 aromatic carbocycles. The van der Waals surface area contributed by atoms with Crippen molar-refractivity contribution in [1.82, 2.24) is 9.55 Å². The fourth-order valence-corrected chi connectivity index (χ4v) is 1.99. The van der Waals surface area contributed by atoms with E-state index in [1.54, 1.807) is 0 Å². The van der Waals surface area contributed by atoms with Gasteiger partial charge < -0.3 is 15.0 Å². The lowest BCUT2D eigenvalue weighted by Gasteiger charge is -2.14. The summed E-state index contributed by atoms with van der Waals surface area (Å²) in [5, 5.41) is 0. The second-order valence-corrected chi connectivity index (χ2v) is 3.77. The van der Waals surface area contributed by atoms with Gasteiger partial charge in [0.25, 0.3) is 0 Å². The van der Waals surface area contributed by atoms with Crippen molar-refractivity contribution in [3.63, 3.8) is 0 Å². The van der Waals surface area contributed by atoms with Crippen LogP contribution in [0.1, 0.15) is 30.3 Å². The van der Waals surface area contributed by atoms with E-state index in [1.807, 2.05) is 0 Å². The maximum atomic E-state index is 5.86. The Morgan fingerprint density at radius 1 is 1.46 bits per heavy atom. The molecule has 2 heterocycles. The number of rotatable bonds is 1. The van der Waals surface area contributed by atoms with E-state index in [9.17, 15) is 0 Å². The maximum absolute atomic E-state index is 5.86. The zero-order chi connectivity index (χ0) is 8.84. The van der Waals surface area contributed by atoms with Gasteiger partial charge in [0.05, 0.1) is 18.9 Å². The zero-order valence-electron chi connectivity index (χ0n) is 7.49. The molecule has 0 radical (unpaired) electrons. The minimum Gasteiger partial charge on any atom is -0.375 e. The molecule has 1 aliphatic carbocycles. The standard InChI is InChI=1S/C9H13N3O/c10-9-11-7-5-13-4-3-8(7)12(9)6-1-2-6/h6H,1-5H2,(H2,10,11). The van der Waals surface area contributed by atoms with Crippen LogP contribution in [0.3, 0.4) is 0 Å². The van der Waals surface area contributed by atoms with Crippen LogP contribution in [0.4, 0.5) is 5.95 Å². The largest absolute Gasteiger partial charge is 0.375 e. The van der Waals surface area contributed by atoms with Crippen molar-refractivity contribution in [2.75, 3.05) is 12.3 Å². The van der Waals surface area contributed by atoms with Gasteiger partial charge in [0.15, 0.2) is 0 Å². The van der Waals surface area contributed by atoms with Gasteiger partial charge in [0.1, 0.15) is 0 Å². The van der Waals surface area contributed by atoms with Gasteiger partial charge in [-0.15, -0.1) is 0 Å². The lowest BCUT2D eigenvalue weighted by Crippen LogP contribution is -2.13. The van der Waals surface area contributed by atoms with E-state index in [-0.39, 0.29) is 0 Å². The molecule has 0 unspecified atom stereocenters. The SMILES string of the molecule is Nc1nc2c(n1C1CC1)CCOC2. The number of aromatic nitrogens is 2.